The number of benzene rings is 1. The summed E-state index contributed by atoms with van der Waals surface area (Å²) in [6.45, 7) is 5.43. The quantitative estimate of drug-likeness (QED) is 0.737. The third kappa shape index (κ3) is 4.59. The SMILES string of the molecule is CC(C)(C)NS(=O)(=O)c1ccc(NC2CCCCC2)c(-c2nn[nH]n2)c1. The predicted octanol–water partition coefficient (Wildman–Crippen LogP) is 2.69. The molecule has 1 fully saturated rings. The van der Waals surface area contributed by atoms with Gasteiger partial charge in [0.05, 0.1) is 4.90 Å². The van der Waals surface area contributed by atoms with Crippen molar-refractivity contribution in [3.63, 3.8) is 0 Å². The Morgan fingerprint density at radius 3 is 2.50 bits per heavy atom. The van der Waals surface area contributed by atoms with Crippen LogP contribution in [0.3, 0.4) is 0 Å². The molecule has 1 aliphatic carbocycles. The van der Waals surface area contributed by atoms with Crippen LogP contribution < -0.4 is 10.0 Å². The number of hydrogen-bond acceptors (Lipinski definition) is 6. The summed E-state index contributed by atoms with van der Waals surface area (Å²) >= 11 is 0. The van der Waals surface area contributed by atoms with E-state index in [9.17, 15) is 8.42 Å². The van der Waals surface area contributed by atoms with E-state index in [1.807, 2.05) is 20.8 Å². The molecule has 26 heavy (non-hydrogen) atoms. The summed E-state index contributed by atoms with van der Waals surface area (Å²) in [5.41, 5.74) is 0.888. The van der Waals surface area contributed by atoms with E-state index in [1.54, 1.807) is 18.2 Å². The molecule has 1 aromatic heterocycles. The summed E-state index contributed by atoms with van der Waals surface area (Å²) in [6, 6.07) is 5.38. The minimum atomic E-state index is -3.65. The number of nitrogens with zero attached hydrogens (tertiary/aromatic N) is 3. The van der Waals surface area contributed by atoms with Crippen molar-refractivity contribution in [3.05, 3.63) is 18.2 Å². The molecule has 1 saturated carbocycles. The normalized spacial score (nSPS) is 16.6. The molecule has 0 atom stereocenters. The lowest BCUT2D eigenvalue weighted by Crippen LogP contribution is -2.40. The molecule has 0 spiro atoms. The van der Waals surface area contributed by atoms with E-state index in [2.05, 4.69) is 30.7 Å². The first kappa shape index (κ1) is 18.8. The lowest BCUT2D eigenvalue weighted by molar-refractivity contribution is 0.463. The monoisotopic (exact) mass is 378 g/mol. The van der Waals surface area contributed by atoms with Gasteiger partial charge in [-0.25, -0.2) is 13.1 Å². The van der Waals surface area contributed by atoms with E-state index >= 15 is 0 Å². The van der Waals surface area contributed by atoms with Gasteiger partial charge < -0.3 is 5.32 Å². The fourth-order valence-corrected chi connectivity index (χ4v) is 4.65. The number of anilines is 1. The summed E-state index contributed by atoms with van der Waals surface area (Å²) in [6.07, 6.45) is 5.90. The number of H-pyrrole nitrogens is 1. The van der Waals surface area contributed by atoms with E-state index in [-0.39, 0.29) is 4.90 Å². The second-order valence-electron chi connectivity index (χ2n) is 7.78. The molecule has 1 heterocycles. The maximum atomic E-state index is 12.7. The van der Waals surface area contributed by atoms with Crippen LogP contribution in [0.2, 0.25) is 0 Å². The first-order valence-electron chi connectivity index (χ1n) is 8.93. The highest BCUT2D eigenvalue weighted by Gasteiger charge is 2.24. The molecule has 0 bridgehead atoms. The van der Waals surface area contributed by atoms with Crippen LogP contribution >= 0.6 is 0 Å². The molecule has 0 unspecified atom stereocenters. The van der Waals surface area contributed by atoms with Crippen LogP contribution in [-0.4, -0.2) is 40.6 Å². The Balaban J connectivity index is 1.96. The van der Waals surface area contributed by atoms with E-state index < -0.39 is 15.6 Å². The summed E-state index contributed by atoms with van der Waals surface area (Å²) in [7, 11) is -3.65. The average Bonchev–Trinajstić information content (AvgIpc) is 3.08. The molecule has 9 heteroatoms. The molecule has 0 aliphatic heterocycles. The predicted molar refractivity (Wildman–Crippen MR) is 100 cm³/mol. The van der Waals surface area contributed by atoms with Gasteiger partial charge in [0.15, 0.2) is 0 Å². The topological polar surface area (TPSA) is 113 Å². The van der Waals surface area contributed by atoms with Gasteiger partial charge in [-0.2, -0.15) is 5.21 Å². The molecule has 0 saturated heterocycles. The maximum absolute atomic E-state index is 12.7. The van der Waals surface area contributed by atoms with Crippen LogP contribution in [0.4, 0.5) is 5.69 Å². The van der Waals surface area contributed by atoms with Gasteiger partial charge >= 0.3 is 0 Å². The highest BCUT2D eigenvalue weighted by Crippen LogP contribution is 2.31. The zero-order valence-electron chi connectivity index (χ0n) is 15.4. The first-order chi connectivity index (χ1) is 12.2. The Morgan fingerprint density at radius 1 is 1.15 bits per heavy atom. The smallest absolute Gasteiger partial charge is 0.241 e. The molecule has 0 amide bonds. The van der Waals surface area contributed by atoms with Gasteiger partial charge in [0.1, 0.15) is 0 Å². The van der Waals surface area contributed by atoms with Crippen LogP contribution in [0.5, 0.6) is 0 Å². The van der Waals surface area contributed by atoms with Gasteiger partial charge in [-0.1, -0.05) is 19.3 Å². The minimum Gasteiger partial charge on any atom is -0.382 e. The number of nitrogens with one attached hydrogen (secondary N) is 3. The second kappa shape index (κ2) is 7.32. The summed E-state index contributed by atoms with van der Waals surface area (Å²) in [4.78, 5) is 0.182. The van der Waals surface area contributed by atoms with Crippen molar-refractivity contribution in [1.82, 2.24) is 25.3 Å². The summed E-state index contributed by atoms with van der Waals surface area (Å²) in [5.74, 6) is 0.371. The number of sulfonamides is 1. The second-order valence-corrected chi connectivity index (χ2v) is 9.46. The van der Waals surface area contributed by atoms with Crippen molar-refractivity contribution in [1.29, 1.82) is 0 Å². The standard InChI is InChI=1S/C17H26N6O2S/c1-17(2,3)21-26(24,25)13-9-10-15(18-12-7-5-4-6-8-12)14(11-13)16-19-22-23-20-16/h9-12,18,21H,4-8H2,1-3H3,(H,19,20,22,23). The molecule has 142 valence electrons. The van der Waals surface area contributed by atoms with E-state index in [0.717, 1.165) is 18.5 Å². The Hall–Kier alpha value is -2.00. The van der Waals surface area contributed by atoms with Gasteiger partial charge in [-0.15, -0.1) is 10.2 Å². The molecule has 2 aromatic rings. The molecular weight excluding hydrogens is 352 g/mol. The molecule has 1 aromatic carbocycles. The Labute approximate surface area is 154 Å². The van der Waals surface area contributed by atoms with Crippen LogP contribution in [-0.2, 0) is 10.0 Å². The van der Waals surface area contributed by atoms with Crippen molar-refractivity contribution in [2.24, 2.45) is 0 Å². The third-order valence-electron chi connectivity index (χ3n) is 4.29. The van der Waals surface area contributed by atoms with Gasteiger partial charge in [0, 0.05) is 22.8 Å². The molecule has 3 rings (SSSR count). The third-order valence-corrected chi connectivity index (χ3v) is 6.05. The summed E-state index contributed by atoms with van der Waals surface area (Å²) in [5, 5.41) is 17.6. The van der Waals surface area contributed by atoms with Crippen LogP contribution in [0.15, 0.2) is 23.1 Å². The number of aromatic amines is 1. The van der Waals surface area contributed by atoms with Gasteiger partial charge in [-0.3, -0.25) is 0 Å². The van der Waals surface area contributed by atoms with Crippen molar-refractivity contribution < 1.29 is 8.42 Å². The van der Waals surface area contributed by atoms with E-state index in [4.69, 9.17) is 0 Å². The van der Waals surface area contributed by atoms with E-state index in [0.29, 0.717) is 17.4 Å². The number of rotatable bonds is 5. The highest BCUT2D eigenvalue weighted by molar-refractivity contribution is 7.89. The van der Waals surface area contributed by atoms with Crippen LogP contribution in [0.1, 0.15) is 52.9 Å². The molecule has 3 N–H and O–H groups in total. The fraction of sp³-hybridized carbons (Fsp3) is 0.588. The van der Waals surface area contributed by atoms with Gasteiger partial charge in [0.2, 0.25) is 15.8 Å². The molecule has 0 radical (unpaired) electrons. The first-order valence-corrected chi connectivity index (χ1v) is 10.4. The van der Waals surface area contributed by atoms with E-state index in [1.165, 1.54) is 19.3 Å². The van der Waals surface area contributed by atoms with Crippen LogP contribution in [0.25, 0.3) is 11.4 Å². The molecule has 1 aliphatic rings. The number of tetrazole rings is 1. The highest BCUT2D eigenvalue weighted by atomic mass is 32.2. The largest absolute Gasteiger partial charge is 0.382 e. The zero-order valence-corrected chi connectivity index (χ0v) is 16.2. The number of hydrogen-bond donors (Lipinski definition) is 3. The zero-order chi connectivity index (χ0) is 18.8. The van der Waals surface area contributed by atoms with Crippen molar-refractivity contribution in [3.8, 4) is 11.4 Å². The molecule has 8 nitrogen and oxygen atoms in total. The Kier molecular flexibility index (Phi) is 5.29. The summed E-state index contributed by atoms with van der Waals surface area (Å²) < 4.78 is 28.0. The van der Waals surface area contributed by atoms with Gasteiger partial charge in [-0.05, 0) is 57.0 Å². The lowest BCUT2D eigenvalue weighted by atomic mass is 9.95. The average molecular weight is 379 g/mol. The van der Waals surface area contributed by atoms with Crippen molar-refractivity contribution >= 4 is 15.7 Å². The fourth-order valence-electron chi connectivity index (χ4n) is 3.21. The maximum Gasteiger partial charge on any atom is 0.241 e. The van der Waals surface area contributed by atoms with Crippen LogP contribution in [0, 0.1) is 0 Å². The Morgan fingerprint density at radius 2 is 1.88 bits per heavy atom. The molecular formula is C17H26N6O2S. The van der Waals surface area contributed by atoms with Gasteiger partial charge in [0.25, 0.3) is 0 Å². The Bertz CT molecular complexity index is 837. The van der Waals surface area contributed by atoms with Crippen molar-refractivity contribution in [2.75, 3.05) is 5.32 Å². The van der Waals surface area contributed by atoms with Crippen molar-refractivity contribution in [2.45, 2.75) is 69.4 Å². The number of aromatic nitrogens is 4. The lowest BCUT2D eigenvalue weighted by Gasteiger charge is -2.25. The minimum absolute atomic E-state index is 0.182.